The number of ether oxygens (including phenoxy) is 2. The van der Waals surface area contributed by atoms with Gasteiger partial charge in [0, 0.05) is 17.6 Å². The molecule has 38 heavy (non-hydrogen) atoms. The highest BCUT2D eigenvalue weighted by molar-refractivity contribution is 6.30. The first kappa shape index (κ1) is 26.8. The first-order valence-electron chi connectivity index (χ1n) is 12.1. The van der Waals surface area contributed by atoms with Crippen LogP contribution >= 0.6 is 11.6 Å². The Labute approximate surface area is 227 Å². The molecule has 0 saturated heterocycles. The van der Waals surface area contributed by atoms with Crippen LogP contribution in [-0.4, -0.2) is 30.9 Å². The highest BCUT2D eigenvalue weighted by Gasteiger charge is 2.32. The molecular formula is C31H29ClN2O4. The number of carbonyl (C=O) groups excluding carboxylic acids is 2. The number of benzene rings is 4. The largest absolute Gasteiger partial charge is 0.497 e. The van der Waals surface area contributed by atoms with Gasteiger partial charge in [-0.05, 0) is 41.0 Å². The van der Waals surface area contributed by atoms with Crippen molar-refractivity contribution in [2.24, 2.45) is 0 Å². The molecule has 2 amide bonds. The summed E-state index contributed by atoms with van der Waals surface area (Å²) in [5, 5.41) is 3.57. The van der Waals surface area contributed by atoms with Crippen LogP contribution in [0.25, 0.3) is 0 Å². The van der Waals surface area contributed by atoms with Gasteiger partial charge in [-0.15, -0.1) is 0 Å². The second kappa shape index (κ2) is 12.8. The van der Waals surface area contributed by atoms with E-state index in [2.05, 4.69) is 5.32 Å². The molecule has 4 aromatic carbocycles. The fourth-order valence-electron chi connectivity index (χ4n) is 4.19. The predicted molar refractivity (Wildman–Crippen MR) is 150 cm³/mol. The van der Waals surface area contributed by atoms with E-state index < -0.39 is 6.04 Å². The second-order valence-corrected chi connectivity index (χ2v) is 9.12. The van der Waals surface area contributed by atoms with Gasteiger partial charge in [-0.2, -0.15) is 0 Å². The van der Waals surface area contributed by atoms with Crippen molar-refractivity contribution in [3.8, 4) is 11.5 Å². The van der Waals surface area contributed by atoms with E-state index in [1.807, 2.05) is 72.8 Å². The van der Waals surface area contributed by atoms with E-state index in [4.69, 9.17) is 21.1 Å². The summed E-state index contributed by atoms with van der Waals surface area (Å²) in [5.74, 6) is 0.498. The Balaban J connectivity index is 1.73. The Hall–Kier alpha value is -4.29. The number of amides is 2. The standard InChI is InChI=1S/C31H29ClN2O4/c1-37-26-17-18-27(28(20-26)38-2)33-31(36)30(24-11-7-4-8-12-24)34(21-23-13-15-25(32)16-14-23)29(35)19-22-9-5-3-6-10-22/h3-18,20,30H,19,21H2,1-2H3,(H,33,36). The molecular weight excluding hydrogens is 500 g/mol. The number of rotatable bonds is 10. The average molecular weight is 529 g/mol. The van der Waals surface area contributed by atoms with Crippen molar-refractivity contribution in [1.82, 2.24) is 4.90 Å². The molecule has 1 unspecified atom stereocenters. The van der Waals surface area contributed by atoms with E-state index in [-0.39, 0.29) is 24.8 Å². The van der Waals surface area contributed by atoms with Crippen molar-refractivity contribution in [1.29, 1.82) is 0 Å². The zero-order valence-electron chi connectivity index (χ0n) is 21.3. The average Bonchev–Trinajstić information content (AvgIpc) is 2.95. The Kier molecular flexibility index (Phi) is 9.01. The SMILES string of the molecule is COc1ccc(NC(=O)C(c2ccccc2)N(Cc2ccc(Cl)cc2)C(=O)Cc2ccccc2)c(OC)c1. The smallest absolute Gasteiger partial charge is 0.251 e. The van der Waals surface area contributed by atoms with Crippen molar-refractivity contribution in [3.63, 3.8) is 0 Å². The summed E-state index contributed by atoms with van der Waals surface area (Å²) in [4.78, 5) is 29.4. The number of carbonyl (C=O) groups is 2. The molecule has 0 heterocycles. The van der Waals surface area contributed by atoms with Crippen LogP contribution in [0.1, 0.15) is 22.7 Å². The summed E-state index contributed by atoms with van der Waals surface area (Å²) in [6.45, 7) is 0.218. The fraction of sp³-hybridized carbons (Fsp3) is 0.161. The van der Waals surface area contributed by atoms with Gasteiger partial charge in [0.2, 0.25) is 5.91 Å². The third kappa shape index (κ3) is 6.72. The van der Waals surface area contributed by atoms with Crippen molar-refractivity contribution >= 4 is 29.1 Å². The maximum atomic E-state index is 14.0. The van der Waals surface area contributed by atoms with Crippen LogP contribution in [0.5, 0.6) is 11.5 Å². The van der Waals surface area contributed by atoms with Crippen LogP contribution in [0.15, 0.2) is 103 Å². The lowest BCUT2D eigenvalue weighted by atomic mass is 10.0. The number of methoxy groups -OCH3 is 2. The number of hydrogen-bond donors (Lipinski definition) is 1. The monoisotopic (exact) mass is 528 g/mol. The van der Waals surface area contributed by atoms with Crippen molar-refractivity contribution in [2.75, 3.05) is 19.5 Å². The van der Waals surface area contributed by atoms with Crippen molar-refractivity contribution in [2.45, 2.75) is 19.0 Å². The molecule has 0 radical (unpaired) electrons. The molecule has 194 valence electrons. The van der Waals surface area contributed by atoms with Crippen molar-refractivity contribution in [3.05, 3.63) is 125 Å². The van der Waals surface area contributed by atoms with E-state index in [9.17, 15) is 9.59 Å². The molecule has 0 saturated carbocycles. The maximum absolute atomic E-state index is 14.0. The summed E-state index contributed by atoms with van der Waals surface area (Å²) < 4.78 is 10.8. The molecule has 0 bridgehead atoms. The first-order valence-corrected chi connectivity index (χ1v) is 12.5. The highest BCUT2D eigenvalue weighted by Crippen LogP contribution is 2.32. The number of halogens is 1. The van der Waals surface area contributed by atoms with Crippen LogP contribution in [0.3, 0.4) is 0 Å². The van der Waals surface area contributed by atoms with Crippen LogP contribution in [-0.2, 0) is 22.6 Å². The molecule has 0 aliphatic rings. The van der Waals surface area contributed by atoms with Gasteiger partial charge in [0.05, 0.1) is 26.3 Å². The Morgan fingerprint density at radius 2 is 1.47 bits per heavy atom. The zero-order chi connectivity index (χ0) is 26.9. The summed E-state index contributed by atoms with van der Waals surface area (Å²) >= 11 is 6.10. The van der Waals surface area contributed by atoms with Gasteiger partial charge in [-0.25, -0.2) is 0 Å². The summed E-state index contributed by atoms with van der Waals surface area (Å²) in [6, 6.07) is 30.3. The molecule has 7 heteroatoms. The fourth-order valence-corrected chi connectivity index (χ4v) is 4.32. The minimum Gasteiger partial charge on any atom is -0.497 e. The molecule has 4 aromatic rings. The van der Waals surface area contributed by atoms with Gasteiger partial charge >= 0.3 is 0 Å². The molecule has 0 aromatic heterocycles. The van der Waals surface area contributed by atoms with E-state index in [0.29, 0.717) is 27.8 Å². The predicted octanol–water partition coefficient (Wildman–Crippen LogP) is 6.31. The Morgan fingerprint density at radius 1 is 0.816 bits per heavy atom. The highest BCUT2D eigenvalue weighted by atomic mass is 35.5. The van der Waals surface area contributed by atoms with Crippen LogP contribution in [0.4, 0.5) is 5.69 Å². The van der Waals surface area contributed by atoms with Gasteiger partial charge in [0.15, 0.2) is 0 Å². The van der Waals surface area contributed by atoms with Crippen LogP contribution in [0, 0.1) is 0 Å². The molecule has 1 atom stereocenters. The Morgan fingerprint density at radius 3 is 2.11 bits per heavy atom. The first-order chi connectivity index (χ1) is 18.5. The lowest BCUT2D eigenvalue weighted by Crippen LogP contribution is -2.41. The van der Waals surface area contributed by atoms with Gasteiger partial charge in [-0.3, -0.25) is 9.59 Å². The van der Waals surface area contributed by atoms with Gasteiger partial charge in [-0.1, -0.05) is 84.4 Å². The molecule has 4 rings (SSSR count). The van der Waals surface area contributed by atoms with Gasteiger partial charge in [0.1, 0.15) is 17.5 Å². The minimum absolute atomic E-state index is 0.150. The number of nitrogens with one attached hydrogen (secondary N) is 1. The van der Waals surface area contributed by atoms with Crippen LogP contribution in [0.2, 0.25) is 5.02 Å². The summed E-state index contributed by atoms with van der Waals surface area (Å²) in [6.07, 6.45) is 0.150. The third-order valence-electron chi connectivity index (χ3n) is 6.13. The van der Waals surface area contributed by atoms with E-state index in [1.54, 1.807) is 42.3 Å². The second-order valence-electron chi connectivity index (χ2n) is 8.68. The molecule has 0 aliphatic carbocycles. The minimum atomic E-state index is -0.908. The number of nitrogens with zero attached hydrogens (tertiary/aromatic N) is 1. The van der Waals surface area contributed by atoms with Crippen LogP contribution < -0.4 is 14.8 Å². The topological polar surface area (TPSA) is 67.9 Å². The zero-order valence-corrected chi connectivity index (χ0v) is 22.0. The lowest BCUT2D eigenvalue weighted by Gasteiger charge is -2.32. The third-order valence-corrected chi connectivity index (χ3v) is 6.38. The number of hydrogen-bond acceptors (Lipinski definition) is 4. The lowest BCUT2D eigenvalue weighted by molar-refractivity contribution is -0.139. The molecule has 0 spiro atoms. The Bertz CT molecular complexity index is 1360. The summed E-state index contributed by atoms with van der Waals surface area (Å²) in [5.41, 5.74) is 2.88. The number of anilines is 1. The maximum Gasteiger partial charge on any atom is 0.251 e. The molecule has 1 N–H and O–H groups in total. The molecule has 6 nitrogen and oxygen atoms in total. The van der Waals surface area contributed by atoms with E-state index >= 15 is 0 Å². The molecule has 0 aliphatic heterocycles. The normalized spacial score (nSPS) is 11.3. The summed E-state index contributed by atoms with van der Waals surface area (Å²) in [7, 11) is 3.08. The van der Waals surface area contributed by atoms with E-state index in [0.717, 1.165) is 11.1 Å². The van der Waals surface area contributed by atoms with Gasteiger partial charge in [0.25, 0.3) is 5.91 Å². The van der Waals surface area contributed by atoms with Gasteiger partial charge < -0.3 is 19.7 Å². The molecule has 0 fully saturated rings. The van der Waals surface area contributed by atoms with E-state index in [1.165, 1.54) is 7.11 Å². The van der Waals surface area contributed by atoms with Crippen molar-refractivity contribution < 1.29 is 19.1 Å². The quantitative estimate of drug-likeness (QED) is 0.262.